The van der Waals surface area contributed by atoms with Crippen LogP contribution in [0.15, 0.2) is 16.7 Å². The summed E-state index contributed by atoms with van der Waals surface area (Å²) in [4.78, 5) is 15.0. The van der Waals surface area contributed by atoms with Gasteiger partial charge in [0.1, 0.15) is 0 Å². The first-order chi connectivity index (χ1) is 10.9. The van der Waals surface area contributed by atoms with Crippen LogP contribution in [-0.4, -0.2) is 27.1 Å². The zero-order valence-corrected chi connectivity index (χ0v) is 14.6. The molecule has 0 unspecified atom stereocenters. The van der Waals surface area contributed by atoms with E-state index in [9.17, 15) is 4.79 Å². The SMILES string of the molecule is Cc1cc([C@H]2CCCN2C(=O)c2cc(C)n(C(C)C)c2C)on1. The van der Waals surface area contributed by atoms with Crippen LogP contribution in [0.2, 0.25) is 0 Å². The van der Waals surface area contributed by atoms with E-state index in [2.05, 4.69) is 30.5 Å². The largest absolute Gasteiger partial charge is 0.359 e. The van der Waals surface area contributed by atoms with Crippen molar-refractivity contribution >= 4 is 5.91 Å². The summed E-state index contributed by atoms with van der Waals surface area (Å²) in [5.41, 5.74) is 3.84. The van der Waals surface area contributed by atoms with E-state index in [-0.39, 0.29) is 11.9 Å². The number of hydrogen-bond acceptors (Lipinski definition) is 3. The van der Waals surface area contributed by atoms with E-state index in [1.54, 1.807) is 0 Å². The number of carbonyl (C=O) groups excluding carboxylic acids is 1. The van der Waals surface area contributed by atoms with Crippen LogP contribution in [0.25, 0.3) is 0 Å². The number of rotatable bonds is 3. The highest BCUT2D eigenvalue weighted by Crippen LogP contribution is 2.34. The Morgan fingerprint density at radius 1 is 1.30 bits per heavy atom. The minimum absolute atomic E-state index is 0.00538. The molecule has 1 saturated heterocycles. The van der Waals surface area contributed by atoms with Crippen molar-refractivity contribution in [3.05, 3.63) is 40.5 Å². The van der Waals surface area contributed by atoms with Gasteiger partial charge in [-0.15, -0.1) is 0 Å². The molecule has 124 valence electrons. The second kappa shape index (κ2) is 5.87. The van der Waals surface area contributed by atoms with Gasteiger partial charge in [0.05, 0.1) is 17.3 Å². The maximum absolute atomic E-state index is 13.1. The molecule has 3 rings (SSSR count). The summed E-state index contributed by atoms with van der Waals surface area (Å²) in [5.74, 6) is 0.896. The molecule has 0 aromatic carbocycles. The van der Waals surface area contributed by atoms with Gasteiger partial charge in [0.25, 0.3) is 5.91 Å². The van der Waals surface area contributed by atoms with E-state index in [1.165, 1.54) is 0 Å². The van der Waals surface area contributed by atoms with Crippen LogP contribution in [0.3, 0.4) is 0 Å². The van der Waals surface area contributed by atoms with Gasteiger partial charge in [-0.25, -0.2) is 0 Å². The smallest absolute Gasteiger partial charge is 0.256 e. The van der Waals surface area contributed by atoms with Crippen LogP contribution in [0.5, 0.6) is 0 Å². The first-order valence-corrected chi connectivity index (χ1v) is 8.32. The predicted molar refractivity (Wildman–Crippen MR) is 88.5 cm³/mol. The molecule has 1 aliphatic rings. The second-order valence-corrected chi connectivity index (χ2v) is 6.78. The molecule has 1 atom stereocenters. The minimum atomic E-state index is 0.00538. The normalized spacial score (nSPS) is 18.2. The predicted octanol–water partition coefficient (Wildman–Crippen LogP) is 3.96. The van der Waals surface area contributed by atoms with E-state index in [1.807, 2.05) is 30.9 Å². The molecule has 5 nitrogen and oxygen atoms in total. The third kappa shape index (κ3) is 2.69. The van der Waals surface area contributed by atoms with Crippen molar-refractivity contribution in [2.45, 2.75) is 59.5 Å². The quantitative estimate of drug-likeness (QED) is 0.861. The Kier molecular flexibility index (Phi) is 4.04. The Morgan fingerprint density at radius 2 is 2.04 bits per heavy atom. The highest BCUT2D eigenvalue weighted by Gasteiger charge is 2.34. The van der Waals surface area contributed by atoms with Crippen molar-refractivity contribution < 1.29 is 9.32 Å². The molecule has 5 heteroatoms. The lowest BCUT2D eigenvalue weighted by molar-refractivity contribution is 0.0713. The molecule has 3 heterocycles. The van der Waals surface area contributed by atoms with Gasteiger partial charge in [-0.05, 0) is 53.5 Å². The topological polar surface area (TPSA) is 51.3 Å². The number of hydrogen-bond donors (Lipinski definition) is 0. The summed E-state index contributed by atoms with van der Waals surface area (Å²) in [7, 11) is 0. The number of amides is 1. The standard InChI is InChI=1S/C18H25N3O2/c1-11(2)21-13(4)10-15(14(21)5)18(22)20-8-6-7-16(20)17-9-12(3)19-23-17/h9-11,16H,6-8H2,1-5H3/t16-/m1/s1. The van der Waals surface area contributed by atoms with Gasteiger partial charge in [0.2, 0.25) is 0 Å². The summed E-state index contributed by atoms with van der Waals surface area (Å²) < 4.78 is 7.63. The molecule has 0 spiro atoms. The molecule has 2 aromatic rings. The molecular weight excluding hydrogens is 290 g/mol. The van der Waals surface area contributed by atoms with Crippen molar-refractivity contribution in [3.63, 3.8) is 0 Å². The van der Waals surface area contributed by atoms with Crippen LogP contribution in [0.1, 0.15) is 72.0 Å². The van der Waals surface area contributed by atoms with Crippen LogP contribution >= 0.6 is 0 Å². The maximum atomic E-state index is 13.1. The lowest BCUT2D eigenvalue weighted by Gasteiger charge is -2.23. The van der Waals surface area contributed by atoms with Gasteiger partial charge in [-0.3, -0.25) is 4.79 Å². The fourth-order valence-corrected chi connectivity index (χ4v) is 3.79. The van der Waals surface area contributed by atoms with Crippen LogP contribution in [0, 0.1) is 20.8 Å². The third-order valence-corrected chi connectivity index (χ3v) is 4.72. The lowest BCUT2D eigenvalue weighted by atomic mass is 10.1. The lowest BCUT2D eigenvalue weighted by Crippen LogP contribution is -2.30. The Morgan fingerprint density at radius 3 is 2.61 bits per heavy atom. The number of carbonyl (C=O) groups is 1. The van der Waals surface area contributed by atoms with E-state index in [0.29, 0.717) is 6.04 Å². The average Bonchev–Trinajstić information content (AvgIpc) is 3.16. The Bertz CT molecular complexity index is 727. The number of nitrogens with zero attached hydrogens (tertiary/aromatic N) is 3. The maximum Gasteiger partial charge on any atom is 0.256 e. The number of aromatic nitrogens is 2. The number of likely N-dealkylation sites (tertiary alicyclic amines) is 1. The van der Waals surface area contributed by atoms with E-state index < -0.39 is 0 Å². The monoisotopic (exact) mass is 315 g/mol. The van der Waals surface area contributed by atoms with Crippen molar-refractivity contribution in [1.29, 1.82) is 0 Å². The highest BCUT2D eigenvalue weighted by molar-refractivity contribution is 5.96. The van der Waals surface area contributed by atoms with Crippen molar-refractivity contribution in [2.75, 3.05) is 6.54 Å². The molecule has 0 bridgehead atoms. The zero-order chi connectivity index (χ0) is 16.7. The molecule has 1 fully saturated rings. The molecule has 0 N–H and O–H groups in total. The summed E-state index contributed by atoms with van der Waals surface area (Å²) in [6.07, 6.45) is 1.93. The first kappa shape index (κ1) is 15.8. The third-order valence-electron chi connectivity index (χ3n) is 4.72. The van der Waals surface area contributed by atoms with E-state index >= 15 is 0 Å². The van der Waals surface area contributed by atoms with Gasteiger partial charge in [-0.1, -0.05) is 5.16 Å². The number of aryl methyl sites for hydroxylation is 2. The Labute approximate surface area is 137 Å². The summed E-state index contributed by atoms with van der Waals surface area (Å²) in [6.45, 7) is 11.1. The zero-order valence-electron chi connectivity index (χ0n) is 14.6. The molecular formula is C18H25N3O2. The van der Waals surface area contributed by atoms with E-state index in [4.69, 9.17) is 4.52 Å². The molecule has 0 saturated carbocycles. The second-order valence-electron chi connectivity index (χ2n) is 6.78. The minimum Gasteiger partial charge on any atom is -0.359 e. The molecule has 1 aliphatic heterocycles. The highest BCUT2D eigenvalue weighted by atomic mass is 16.5. The molecule has 0 aliphatic carbocycles. The molecule has 0 radical (unpaired) electrons. The average molecular weight is 315 g/mol. The Balaban J connectivity index is 1.92. The van der Waals surface area contributed by atoms with Gasteiger partial charge >= 0.3 is 0 Å². The van der Waals surface area contributed by atoms with Crippen LogP contribution < -0.4 is 0 Å². The summed E-state index contributed by atoms with van der Waals surface area (Å²) in [6, 6.07) is 4.31. The fourth-order valence-electron chi connectivity index (χ4n) is 3.79. The Hall–Kier alpha value is -2.04. The van der Waals surface area contributed by atoms with Crippen molar-refractivity contribution in [1.82, 2.24) is 14.6 Å². The van der Waals surface area contributed by atoms with Crippen molar-refractivity contribution in [3.8, 4) is 0 Å². The van der Waals surface area contributed by atoms with Gasteiger partial charge in [-0.2, -0.15) is 0 Å². The van der Waals surface area contributed by atoms with Crippen LogP contribution in [0.4, 0.5) is 0 Å². The van der Waals surface area contributed by atoms with Gasteiger partial charge in [0, 0.05) is 30.0 Å². The van der Waals surface area contributed by atoms with Crippen molar-refractivity contribution in [2.24, 2.45) is 0 Å². The molecule has 2 aromatic heterocycles. The van der Waals surface area contributed by atoms with Gasteiger partial charge < -0.3 is 14.0 Å². The fraction of sp³-hybridized carbons (Fsp3) is 0.556. The summed E-state index contributed by atoms with van der Waals surface area (Å²) in [5, 5.41) is 3.97. The summed E-state index contributed by atoms with van der Waals surface area (Å²) >= 11 is 0. The van der Waals surface area contributed by atoms with Crippen LogP contribution in [-0.2, 0) is 0 Å². The molecule has 23 heavy (non-hydrogen) atoms. The van der Waals surface area contributed by atoms with Gasteiger partial charge in [0.15, 0.2) is 5.76 Å². The first-order valence-electron chi connectivity index (χ1n) is 8.32. The van der Waals surface area contributed by atoms with E-state index in [0.717, 1.165) is 47.8 Å². The molecule has 1 amide bonds.